The number of rotatable bonds is 6. The molecule has 4 rings (SSSR count). The van der Waals surface area contributed by atoms with Crippen molar-refractivity contribution < 1.29 is 15.0 Å². The zero-order valence-electron chi connectivity index (χ0n) is 16.3. The van der Waals surface area contributed by atoms with Crippen molar-refractivity contribution in [3.8, 4) is 11.5 Å². The Hall–Kier alpha value is -3.85. The van der Waals surface area contributed by atoms with E-state index in [1.807, 2.05) is 60.7 Å². The molecule has 0 spiro atoms. The lowest BCUT2D eigenvalue weighted by atomic mass is 9.77. The maximum absolute atomic E-state index is 14.1. The standard InChI is InChI=1S/C27H22O3/c28-23-15-11-21(12-16-23)25(19-7-3-1-4-8-19)27(30)26(20-9-5-2-6-10-20)22-13-17-24(29)18-14-22/h1-18,25-26,28-29H. The zero-order valence-corrected chi connectivity index (χ0v) is 16.3. The molecule has 2 N–H and O–H groups in total. The zero-order chi connectivity index (χ0) is 20.9. The van der Waals surface area contributed by atoms with Gasteiger partial charge in [0.15, 0.2) is 5.78 Å². The van der Waals surface area contributed by atoms with Gasteiger partial charge in [0.1, 0.15) is 11.5 Å². The van der Waals surface area contributed by atoms with Crippen molar-refractivity contribution in [1.82, 2.24) is 0 Å². The van der Waals surface area contributed by atoms with Gasteiger partial charge in [0.05, 0.1) is 11.8 Å². The van der Waals surface area contributed by atoms with E-state index in [4.69, 9.17) is 0 Å². The molecule has 0 heterocycles. The summed E-state index contributed by atoms with van der Waals surface area (Å²) >= 11 is 0. The van der Waals surface area contributed by atoms with Crippen LogP contribution in [0.2, 0.25) is 0 Å². The van der Waals surface area contributed by atoms with Crippen molar-refractivity contribution in [2.75, 3.05) is 0 Å². The number of Topliss-reactive ketones (excluding diaryl/α,β-unsaturated/α-hetero) is 1. The molecule has 3 nitrogen and oxygen atoms in total. The first-order valence-electron chi connectivity index (χ1n) is 9.85. The molecule has 2 atom stereocenters. The van der Waals surface area contributed by atoms with Crippen molar-refractivity contribution in [2.24, 2.45) is 0 Å². The molecule has 4 aromatic carbocycles. The Morgan fingerprint density at radius 1 is 0.467 bits per heavy atom. The summed E-state index contributed by atoms with van der Waals surface area (Å²) in [6.07, 6.45) is 0. The summed E-state index contributed by atoms with van der Waals surface area (Å²) in [5, 5.41) is 19.5. The first kappa shape index (κ1) is 19.5. The molecule has 0 saturated carbocycles. The van der Waals surface area contributed by atoms with E-state index in [0.717, 1.165) is 22.3 Å². The maximum atomic E-state index is 14.1. The molecular weight excluding hydrogens is 372 g/mol. The maximum Gasteiger partial charge on any atom is 0.156 e. The predicted octanol–water partition coefficient (Wildman–Crippen LogP) is 5.63. The van der Waals surface area contributed by atoms with E-state index in [1.54, 1.807) is 48.5 Å². The monoisotopic (exact) mass is 394 g/mol. The molecule has 0 aliphatic rings. The van der Waals surface area contributed by atoms with Crippen LogP contribution in [0.3, 0.4) is 0 Å². The molecule has 0 fully saturated rings. The average Bonchev–Trinajstić information content (AvgIpc) is 2.78. The third kappa shape index (κ3) is 4.11. The molecule has 0 aromatic heterocycles. The summed E-state index contributed by atoms with van der Waals surface area (Å²) in [5.74, 6) is -0.632. The minimum atomic E-state index is -0.495. The fourth-order valence-corrected chi connectivity index (χ4v) is 3.83. The minimum Gasteiger partial charge on any atom is -0.508 e. The van der Waals surface area contributed by atoms with Gasteiger partial charge in [0, 0.05) is 0 Å². The second kappa shape index (κ2) is 8.66. The highest BCUT2D eigenvalue weighted by Crippen LogP contribution is 2.36. The summed E-state index contributed by atoms with van der Waals surface area (Å²) in [4.78, 5) is 14.1. The van der Waals surface area contributed by atoms with E-state index in [9.17, 15) is 15.0 Å². The van der Waals surface area contributed by atoms with Crippen LogP contribution in [0, 0.1) is 0 Å². The molecule has 0 amide bonds. The van der Waals surface area contributed by atoms with Crippen LogP contribution in [-0.2, 0) is 4.79 Å². The van der Waals surface area contributed by atoms with E-state index in [-0.39, 0.29) is 17.3 Å². The van der Waals surface area contributed by atoms with Crippen LogP contribution in [-0.4, -0.2) is 16.0 Å². The molecule has 148 valence electrons. The van der Waals surface area contributed by atoms with Crippen LogP contribution < -0.4 is 0 Å². The number of phenolic OH excluding ortho intramolecular Hbond substituents is 2. The second-order valence-electron chi connectivity index (χ2n) is 7.27. The number of phenols is 2. The van der Waals surface area contributed by atoms with E-state index < -0.39 is 11.8 Å². The summed E-state index contributed by atoms with van der Waals surface area (Å²) in [7, 11) is 0. The fourth-order valence-electron chi connectivity index (χ4n) is 3.83. The highest BCUT2D eigenvalue weighted by molar-refractivity contribution is 5.97. The van der Waals surface area contributed by atoms with E-state index in [2.05, 4.69) is 0 Å². The summed E-state index contributed by atoms with van der Waals surface area (Å²) in [5.41, 5.74) is 3.44. The third-order valence-electron chi connectivity index (χ3n) is 5.29. The number of ketones is 1. The van der Waals surface area contributed by atoms with Crippen molar-refractivity contribution in [3.05, 3.63) is 131 Å². The molecule has 3 heteroatoms. The van der Waals surface area contributed by atoms with Crippen LogP contribution in [0.1, 0.15) is 34.1 Å². The molecule has 0 bridgehead atoms. The van der Waals surface area contributed by atoms with Gasteiger partial charge in [-0.1, -0.05) is 84.9 Å². The lowest BCUT2D eigenvalue weighted by molar-refractivity contribution is -0.120. The average molecular weight is 394 g/mol. The highest BCUT2D eigenvalue weighted by atomic mass is 16.3. The van der Waals surface area contributed by atoms with Crippen molar-refractivity contribution in [2.45, 2.75) is 11.8 Å². The summed E-state index contributed by atoms with van der Waals surface area (Å²) in [6.45, 7) is 0. The number of carbonyl (C=O) groups is 1. The number of carbonyl (C=O) groups excluding carboxylic acids is 1. The van der Waals surface area contributed by atoms with Crippen LogP contribution in [0.15, 0.2) is 109 Å². The first-order chi connectivity index (χ1) is 14.6. The van der Waals surface area contributed by atoms with Gasteiger partial charge in [-0.15, -0.1) is 0 Å². The number of hydrogen-bond acceptors (Lipinski definition) is 3. The van der Waals surface area contributed by atoms with Gasteiger partial charge in [-0.25, -0.2) is 0 Å². The van der Waals surface area contributed by atoms with E-state index >= 15 is 0 Å². The normalized spacial score (nSPS) is 12.8. The number of aromatic hydroxyl groups is 2. The van der Waals surface area contributed by atoms with Crippen LogP contribution >= 0.6 is 0 Å². The Bertz CT molecular complexity index is 1010. The Morgan fingerprint density at radius 3 is 1.10 bits per heavy atom. The Balaban J connectivity index is 1.86. The molecule has 0 saturated heterocycles. The van der Waals surface area contributed by atoms with Gasteiger partial charge in [0.25, 0.3) is 0 Å². The first-order valence-corrected chi connectivity index (χ1v) is 9.85. The lowest BCUT2D eigenvalue weighted by Crippen LogP contribution is -2.23. The topological polar surface area (TPSA) is 57.5 Å². The van der Waals surface area contributed by atoms with Crippen LogP contribution in [0.4, 0.5) is 0 Å². The van der Waals surface area contributed by atoms with Crippen LogP contribution in [0.25, 0.3) is 0 Å². The van der Waals surface area contributed by atoms with Gasteiger partial charge in [-0.2, -0.15) is 0 Å². The largest absolute Gasteiger partial charge is 0.508 e. The molecule has 0 aliphatic carbocycles. The van der Waals surface area contributed by atoms with Gasteiger partial charge < -0.3 is 10.2 Å². The van der Waals surface area contributed by atoms with Gasteiger partial charge in [-0.3, -0.25) is 4.79 Å². The van der Waals surface area contributed by atoms with E-state index in [1.165, 1.54) is 0 Å². The molecule has 0 radical (unpaired) electrons. The Kier molecular flexibility index (Phi) is 5.62. The van der Waals surface area contributed by atoms with Gasteiger partial charge >= 0.3 is 0 Å². The fraction of sp³-hybridized carbons (Fsp3) is 0.0741. The van der Waals surface area contributed by atoms with Crippen molar-refractivity contribution in [3.63, 3.8) is 0 Å². The summed E-state index contributed by atoms with van der Waals surface area (Å²) in [6, 6.07) is 33.0. The smallest absolute Gasteiger partial charge is 0.156 e. The predicted molar refractivity (Wildman–Crippen MR) is 118 cm³/mol. The number of benzene rings is 4. The van der Waals surface area contributed by atoms with Crippen molar-refractivity contribution >= 4 is 5.78 Å². The van der Waals surface area contributed by atoms with Gasteiger partial charge in [0.2, 0.25) is 0 Å². The molecule has 30 heavy (non-hydrogen) atoms. The number of hydrogen-bond donors (Lipinski definition) is 2. The molecule has 2 unspecified atom stereocenters. The minimum absolute atomic E-state index is 0.0313. The van der Waals surface area contributed by atoms with E-state index in [0.29, 0.717) is 0 Å². The molecule has 0 aliphatic heterocycles. The SMILES string of the molecule is O=C(C(c1ccccc1)c1ccc(O)cc1)C(c1ccccc1)c1ccc(O)cc1. The lowest BCUT2D eigenvalue weighted by Gasteiger charge is -2.24. The molecule has 4 aromatic rings. The Labute approximate surface area is 175 Å². The van der Waals surface area contributed by atoms with Crippen LogP contribution in [0.5, 0.6) is 11.5 Å². The second-order valence-corrected chi connectivity index (χ2v) is 7.27. The highest BCUT2D eigenvalue weighted by Gasteiger charge is 2.31. The van der Waals surface area contributed by atoms with Crippen molar-refractivity contribution in [1.29, 1.82) is 0 Å². The van der Waals surface area contributed by atoms with Gasteiger partial charge in [-0.05, 0) is 46.5 Å². The third-order valence-corrected chi connectivity index (χ3v) is 5.29. The molecular formula is C27H22O3. The quantitative estimate of drug-likeness (QED) is 0.445. The summed E-state index contributed by atoms with van der Waals surface area (Å²) < 4.78 is 0. The Morgan fingerprint density at radius 2 is 0.767 bits per heavy atom.